The molecule has 0 bridgehead atoms. The lowest BCUT2D eigenvalue weighted by atomic mass is 10.1. The Morgan fingerprint density at radius 2 is 2.13 bits per heavy atom. The lowest BCUT2D eigenvalue weighted by molar-refractivity contribution is 0.0601. The van der Waals surface area contributed by atoms with Crippen LogP contribution < -0.4 is 5.43 Å². The molecule has 0 unspecified atom stereocenters. The van der Waals surface area contributed by atoms with Crippen molar-refractivity contribution in [2.75, 3.05) is 7.11 Å². The number of methoxy groups -OCH3 is 1. The van der Waals surface area contributed by atoms with E-state index in [0.717, 1.165) is 0 Å². The number of hydrogen-bond donors (Lipinski definition) is 1. The molecule has 1 heterocycles. The van der Waals surface area contributed by atoms with E-state index in [4.69, 9.17) is 0 Å². The van der Waals surface area contributed by atoms with Gasteiger partial charge in [0.1, 0.15) is 0 Å². The molecule has 2 aromatic rings. The SMILES string of the molecule is COC(=O)c1ccc2[nH]ccc(=O)c2c1. The first-order valence-corrected chi connectivity index (χ1v) is 4.42. The molecule has 0 saturated carbocycles. The van der Waals surface area contributed by atoms with Crippen molar-refractivity contribution in [3.8, 4) is 0 Å². The molecule has 0 atom stereocenters. The molecule has 1 aromatic carbocycles. The second-order valence-electron chi connectivity index (χ2n) is 3.09. The number of carbonyl (C=O) groups is 1. The average molecular weight is 203 g/mol. The number of hydrogen-bond acceptors (Lipinski definition) is 3. The van der Waals surface area contributed by atoms with Crippen LogP contribution >= 0.6 is 0 Å². The molecule has 0 fully saturated rings. The second kappa shape index (κ2) is 3.57. The maximum atomic E-state index is 11.5. The van der Waals surface area contributed by atoms with Crippen LogP contribution in [0.15, 0.2) is 35.3 Å². The predicted octanol–water partition coefficient (Wildman–Crippen LogP) is 1.31. The number of H-pyrrole nitrogens is 1. The van der Waals surface area contributed by atoms with Crippen molar-refractivity contribution in [1.82, 2.24) is 4.98 Å². The lowest BCUT2D eigenvalue weighted by Gasteiger charge is -2.00. The highest BCUT2D eigenvalue weighted by Crippen LogP contribution is 2.10. The van der Waals surface area contributed by atoms with Gasteiger partial charge >= 0.3 is 5.97 Å². The van der Waals surface area contributed by atoms with Crippen LogP contribution in [-0.4, -0.2) is 18.1 Å². The van der Waals surface area contributed by atoms with Gasteiger partial charge in [-0.05, 0) is 18.2 Å². The Hall–Kier alpha value is -2.10. The number of pyridine rings is 1. The third-order valence-electron chi connectivity index (χ3n) is 2.18. The van der Waals surface area contributed by atoms with Crippen LogP contribution in [0.2, 0.25) is 0 Å². The summed E-state index contributed by atoms with van der Waals surface area (Å²) in [5.41, 5.74) is 0.964. The maximum absolute atomic E-state index is 11.5. The van der Waals surface area contributed by atoms with Gasteiger partial charge < -0.3 is 9.72 Å². The van der Waals surface area contributed by atoms with Crippen LogP contribution in [0.3, 0.4) is 0 Å². The number of nitrogens with one attached hydrogen (secondary N) is 1. The van der Waals surface area contributed by atoms with Crippen molar-refractivity contribution in [2.45, 2.75) is 0 Å². The van der Waals surface area contributed by atoms with Crippen molar-refractivity contribution >= 4 is 16.9 Å². The molecule has 0 aliphatic carbocycles. The molecule has 0 saturated heterocycles. The van der Waals surface area contributed by atoms with Gasteiger partial charge in [-0.1, -0.05) is 0 Å². The summed E-state index contributed by atoms with van der Waals surface area (Å²) in [5.74, 6) is -0.444. The topological polar surface area (TPSA) is 59.2 Å². The number of aromatic nitrogens is 1. The maximum Gasteiger partial charge on any atom is 0.337 e. The minimum absolute atomic E-state index is 0.116. The summed E-state index contributed by atoms with van der Waals surface area (Å²) < 4.78 is 4.57. The van der Waals surface area contributed by atoms with Gasteiger partial charge in [-0.25, -0.2) is 4.79 Å². The van der Waals surface area contributed by atoms with Crippen molar-refractivity contribution in [1.29, 1.82) is 0 Å². The van der Waals surface area contributed by atoms with Crippen molar-refractivity contribution in [3.05, 3.63) is 46.2 Å². The van der Waals surface area contributed by atoms with Gasteiger partial charge in [0.2, 0.25) is 0 Å². The highest BCUT2D eigenvalue weighted by molar-refractivity contribution is 5.94. The summed E-state index contributed by atoms with van der Waals surface area (Å²) in [6, 6.07) is 6.25. The standard InChI is InChI=1S/C11H9NO3/c1-15-11(14)7-2-3-9-8(6-7)10(13)4-5-12-9/h2-6H,1H3,(H,12,13). The van der Waals surface area contributed by atoms with Gasteiger partial charge in [0.15, 0.2) is 5.43 Å². The van der Waals surface area contributed by atoms with Gasteiger partial charge in [0.25, 0.3) is 0 Å². The molecule has 0 amide bonds. The van der Waals surface area contributed by atoms with E-state index in [1.807, 2.05) is 0 Å². The quantitative estimate of drug-likeness (QED) is 0.711. The van der Waals surface area contributed by atoms with E-state index < -0.39 is 5.97 Å². The van der Waals surface area contributed by atoms with Crippen LogP contribution in [0.1, 0.15) is 10.4 Å². The molecular weight excluding hydrogens is 194 g/mol. The molecule has 15 heavy (non-hydrogen) atoms. The number of rotatable bonds is 1. The smallest absolute Gasteiger partial charge is 0.337 e. The fraction of sp³-hybridized carbons (Fsp3) is 0.0909. The Balaban J connectivity index is 2.70. The number of carbonyl (C=O) groups excluding carboxylic acids is 1. The van der Waals surface area contributed by atoms with Crippen molar-refractivity contribution < 1.29 is 9.53 Å². The minimum Gasteiger partial charge on any atom is -0.465 e. The predicted molar refractivity (Wildman–Crippen MR) is 55.9 cm³/mol. The average Bonchev–Trinajstić information content (AvgIpc) is 2.28. The van der Waals surface area contributed by atoms with Crippen molar-refractivity contribution in [3.63, 3.8) is 0 Å². The van der Waals surface area contributed by atoms with E-state index >= 15 is 0 Å². The molecule has 1 aromatic heterocycles. The summed E-state index contributed by atoms with van der Waals surface area (Å²) in [5, 5.41) is 0.486. The first kappa shape index (κ1) is 9.45. The van der Waals surface area contributed by atoms with Gasteiger partial charge in [-0.3, -0.25) is 4.79 Å². The zero-order valence-corrected chi connectivity index (χ0v) is 8.11. The van der Waals surface area contributed by atoms with Gasteiger partial charge in [0, 0.05) is 23.2 Å². The van der Waals surface area contributed by atoms with Crippen molar-refractivity contribution in [2.24, 2.45) is 0 Å². The van der Waals surface area contributed by atoms with Crippen LogP contribution in [0, 0.1) is 0 Å². The van der Waals surface area contributed by atoms with E-state index in [2.05, 4.69) is 9.72 Å². The van der Waals surface area contributed by atoms with Crippen LogP contribution in [0.25, 0.3) is 10.9 Å². The molecular formula is C11H9NO3. The molecule has 4 nitrogen and oxygen atoms in total. The molecule has 0 spiro atoms. The molecule has 1 N–H and O–H groups in total. The first-order valence-electron chi connectivity index (χ1n) is 4.42. The fourth-order valence-electron chi connectivity index (χ4n) is 1.42. The fourth-order valence-corrected chi connectivity index (χ4v) is 1.42. The number of fused-ring (bicyclic) bond motifs is 1. The highest BCUT2D eigenvalue weighted by Gasteiger charge is 2.06. The third kappa shape index (κ3) is 1.61. The minimum atomic E-state index is -0.444. The van der Waals surface area contributed by atoms with Gasteiger partial charge in [-0.15, -0.1) is 0 Å². The Bertz CT molecular complexity index is 571. The Morgan fingerprint density at radius 1 is 1.33 bits per heavy atom. The summed E-state index contributed by atoms with van der Waals surface area (Å²) in [6.07, 6.45) is 1.57. The zero-order valence-electron chi connectivity index (χ0n) is 8.11. The molecule has 0 aliphatic heterocycles. The Morgan fingerprint density at radius 3 is 2.87 bits per heavy atom. The van der Waals surface area contributed by atoms with Crippen LogP contribution in [0.5, 0.6) is 0 Å². The number of ether oxygens (including phenoxy) is 1. The largest absolute Gasteiger partial charge is 0.465 e. The van der Waals surface area contributed by atoms with Crippen LogP contribution in [-0.2, 0) is 4.74 Å². The third-order valence-corrected chi connectivity index (χ3v) is 2.18. The van der Waals surface area contributed by atoms with Crippen LogP contribution in [0.4, 0.5) is 0 Å². The summed E-state index contributed by atoms with van der Waals surface area (Å²) in [7, 11) is 1.31. The number of benzene rings is 1. The molecule has 76 valence electrons. The Kier molecular flexibility index (Phi) is 2.25. The van der Waals surface area contributed by atoms with Gasteiger partial charge in [0.05, 0.1) is 12.7 Å². The van der Waals surface area contributed by atoms with E-state index in [-0.39, 0.29) is 5.43 Å². The van der Waals surface area contributed by atoms with E-state index in [1.165, 1.54) is 19.2 Å². The number of aromatic amines is 1. The lowest BCUT2D eigenvalue weighted by Crippen LogP contribution is -2.05. The zero-order chi connectivity index (χ0) is 10.8. The van der Waals surface area contributed by atoms with E-state index in [9.17, 15) is 9.59 Å². The normalized spacial score (nSPS) is 10.2. The monoisotopic (exact) mass is 203 g/mol. The first-order chi connectivity index (χ1) is 7.22. The van der Waals surface area contributed by atoms with Gasteiger partial charge in [-0.2, -0.15) is 0 Å². The summed E-state index contributed by atoms with van der Waals surface area (Å²) >= 11 is 0. The molecule has 0 aliphatic rings. The molecule has 2 rings (SSSR count). The van der Waals surface area contributed by atoms with E-state index in [0.29, 0.717) is 16.5 Å². The Labute approximate surface area is 85.5 Å². The molecule has 0 radical (unpaired) electrons. The molecule has 4 heteroatoms. The summed E-state index contributed by atoms with van der Waals surface area (Å²) in [4.78, 5) is 25.6. The summed E-state index contributed by atoms with van der Waals surface area (Å²) in [6.45, 7) is 0. The van der Waals surface area contributed by atoms with E-state index in [1.54, 1.807) is 18.3 Å². The number of esters is 1. The second-order valence-corrected chi connectivity index (χ2v) is 3.09. The highest BCUT2D eigenvalue weighted by atomic mass is 16.5.